The maximum Gasteiger partial charge on any atom is 0.347 e. The number of esters is 1. The number of rotatable bonds is 20. The molecule has 0 aromatic rings. The minimum absolute atomic E-state index is 0.0679. The highest BCUT2D eigenvalue weighted by molar-refractivity contribution is 5.84. The summed E-state index contributed by atoms with van der Waals surface area (Å²) in [4.78, 5) is 35.2. The smallest absolute Gasteiger partial charge is 0.347 e. The summed E-state index contributed by atoms with van der Waals surface area (Å²) in [6.45, 7) is 20.8. The molecular weight excluding hydrogens is 448 g/mol. The fourth-order valence-corrected chi connectivity index (χ4v) is 3.42. The molecule has 0 saturated carbocycles. The molecule has 0 aromatic carbocycles. The van der Waals surface area contributed by atoms with Crippen molar-refractivity contribution < 1.29 is 33.8 Å². The molecule has 0 heterocycles. The standard InChI is InChI=1S/C28H52O7/c1-11-15-18-30-28(27(29)33-24(12-2)21(5)6,16-19-31-34-25(13-3)22(7)8)17-20-32-35-26(14-4)23(9)10/h16-17,19-26H,11-15,18H2,1-10H3/b19-16+,20-17?. The second kappa shape index (κ2) is 18.7. The number of hydrogen-bond acceptors (Lipinski definition) is 7. The molecule has 0 N–H and O–H groups in total. The van der Waals surface area contributed by atoms with E-state index in [4.69, 9.17) is 29.0 Å². The molecule has 0 aliphatic heterocycles. The Balaban J connectivity index is 5.89. The van der Waals surface area contributed by atoms with Crippen LogP contribution in [0.4, 0.5) is 0 Å². The number of unbranched alkanes of at least 4 members (excludes halogenated alkanes) is 1. The van der Waals surface area contributed by atoms with Gasteiger partial charge in [0.05, 0.1) is 0 Å². The van der Waals surface area contributed by atoms with E-state index >= 15 is 0 Å². The van der Waals surface area contributed by atoms with Crippen LogP contribution in [0.25, 0.3) is 0 Å². The second-order valence-electron chi connectivity index (χ2n) is 9.96. The van der Waals surface area contributed by atoms with Gasteiger partial charge in [-0.25, -0.2) is 4.79 Å². The summed E-state index contributed by atoms with van der Waals surface area (Å²) in [7, 11) is 0. The van der Waals surface area contributed by atoms with Crippen LogP contribution >= 0.6 is 0 Å². The summed E-state index contributed by atoms with van der Waals surface area (Å²) >= 11 is 0. The van der Waals surface area contributed by atoms with Crippen LogP contribution in [-0.2, 0) is 33.8 Å². The molecule has 0 aliphatic rings. The largest absolute Gasteiger partial charge is 0.459 e. The molecule has 0 fully saturated rings. The Labute approximate surface area is 214 Å². The van der Waals surface area contributed by atoms with Gasteiger partial charge in [-0.15, -0.1) is 0 Å². The van der Waals surface area contributed by atoms with Gasteiger partial charge in [-0.05, 0) is 43.4 Å². The van der Waals surface area contributed by atoms with Crippen LogP contribution in [0.3, 0.4) is 0 Å². The highest BCUT2D eigenvalue weighted by Crippen LogP contribution is 2.24. The van der Waals surface area contributed by atoms with Crippen molar-refractivity contribution in [3.63, 3.8) is 0 Å². The first-order chi connectivity index (χ1) is 16.6. The highest BCUT2D eigenvalue weighted by atomic mass is 17.2. The normalized spacial score (nSPS) is 16.7. The maximum atomic E-state index is 13.5. The zero-order valence-electron chi connectivity index (χ0n) is 23.9. The van der Waals surface area contributed by atoms with Crippen molar-refractivity contribution in [3.05, 3.63) is 24.7 Å². The lowest BCUT2D eigenvalue weighted by molar-refractivity contribution is -0.293. The van der Waals surface area contributed by atoms with E-state index in [1.165, 1.54) is 24.7 Å². The van der Waals surface area contributed by atoms with Crippen molar-refractivity contribution in [1.29, 1.82) is 0 Å². The van der Waals surface area contributed by atoms with Crippen molar-refractivity contribution >= 4 is 5.97 Å². The molecule has 0 spiro atoms. The van der Waals surface area contributed by atoms with E-state index in [1.54, 1.807) is 0 Å². The zero-order valence-corrected chi connectivity index (χ0v) is 23.9. The molecule has 35 heavy (non-hydrogen) atoms. The van der Waals surface area contributed by atoms with Gasteiger partial charge in [0, 0.05) is 18.8 Å². The summed E-state index contributed by atoms with van der Waals surface area (Å²) in [5, 5.41) is 0. The summed E-state index contributed by atoms with van der Waals surface area (Å²) in [5.41, 5.74) is -1.55. The first-order valence-electron chi connectivity index (χ1n) is 13.4. The minimum Gasteiger partial charge on any atom is -0.459 e. The predicted molar refractivity (Wildman–Crippen MR) is 139 cm³/mol. The van der Waals surface area contributed by atoms with Gasteiger partial charge in [0.1, 0.15) is 30.8 Å². The van der Waals surface area contributed by atoms with Crippen LogP contribution in [0.15, 0.2) is 24.7 Å². The first-order valence-corrected chi connectivity index (χ1v) is 13.4. The number of hydrogen-bond donors (Lipinski definition) is 0. The van der Waals surface area contributed by atoms with E-state index in [0.717, 1.165) is 25.7 Å². The topological polar surface area (TPSA) is 72.5 Å². The van der Waals surface area contributed by atoms with Gasteiger partial charge in [-0.3, -0.25) is 0 Å². The molecule has 0 saturated heterocycles. The SMILES string of the molecule is CCCCOC(C=COOC(CC)C(C)C)(/C=C/OOC(CC)C(C)C)C(=O)OC(CC)C(C)C. The van der Waals surface area contributed by atoms with Gasteiger partial charge >= 0.3 is 5.97 Å². The molecule has 4 atom stereocenters. The lowest BCUT2D eigenvalue weighted by Gasteiger charge is -2.29. The summed E-state index contributed by atoms with van der Waals surface area (Å²) < 4.78 is 12.0. The highest BCUT2D eigenvalue weighted by Gasteiger charge is 2.39. The van der Waals surface area contributed by atoms with E-state index in [1.807, 2.05) is 34.6 Å². The molecule has 7 nitrogen and oxygen atoms in total. The Morgan fingerprint density at radius 2 is 1.14 bits per heavy atom. The molecule has 7 heteroatoms. The van der Waals surface area contributed by atoms with Crippen molar-refractivity contribution in [2.75, 3.05) is 6.61 Å². The van der Waals surface area contributed by atoms with Crippen LogP contribution in [0.2, 0.25) is 0 Å². The number of carbonyl (C=O) groups is 1. The van der Waals surface area contributed by atoms with E-state index in [9.17, 15) is 4.79 Å². The molecule has 0 rings (SSSR count). The van der Waals surface area contributed by atoms with Crippen LogP contribution in [0.5, 0.6) is 0 Å². The first kappa shape index (κ1) is 33.4. The maximum absolute atomic E-state index is 13.5. The van der Waals surface area contributed by atoms with Gasteiger partial charge in [0.25, 0.3) is 0 Å². The molecule has 0 radical (unpaired) electrons. The summed E-state index contributed by atoms with van der Waals surface area (Å²) in [6.07, 6.45) is 9.30. The third-order valence-electron chi connectivity index (χ3n) is 5.95. The number of carbonyl (C=O) groups excluding carboxylic acids is 1. The monoisotopic (exact) mass is 500 g/mol. The van der Waals surface area contributed by atoms with Gasteiger partial charge in [0.15, 0.2) is 0 Å². The number of ether oxygens (including phenoxy) is 2. The van der Waals surface area contributed by atoms with Crippen LogP contribution < -0.4 is 0 Å². The van der Waals surface area contributed by atoms with Gasteiger partial charge in [-0.1, -0.05) is 75.7 Å². The predicted octanol–water partition coefficient (Wildman–Crippen LogP) is 7.31. The Kier molecular flexibility index (Phi) is 17.8. The lowest BCUT2D eigenvalue weighted by atomic mass is 10.0. The van der Waals surface area contributed by atoms with E-state index in [0.29, 0.717) is 13.0 Å². The summed E-state index contributed by atoms with van der Waals surface area (Å²) in [5.74, 6) is 0.203. The van der Waals surface area contributed by atoms with Crippen LogP contribution in [0, 0.1) is 17.8 Å². The summed E-state index contributed by atoms with van der Waals surface area (Å²) in [6, 6.07) is 0. The molecule has 0 aromatic heterocycles. The Hall–Kier alpha value is -1.57. The van der Waals surface area contributed by atoms with E-state index in [-0.39, 0.29) is 36.1 Å². The second-order valence-corrected chi connectivity index (χ2v) is 9.96. The Morgan fingerprint density at radius 1 is 0.714 bits per heavy atom. The average Bonchev–Trinajstić information content (AvgIpc) is 2.81. The molecule has 0 amide bonds. The van der Waals surface area contributed by atoms with Gasteiger partial charge in [0.2, 0.25) is 5.60 Å². The quantitative estimate of drug-likeness (QED) is 0.0570. The van der Waals surface area contributed by atoms with Crippen LogP contribution in [0.1, 0.15) is 101 Å². The third kappa shape index (κ3) is 12.8. The van der Waals surface area contributed by atoms with Crippen LogP contribution in [-0.4, -0.2) is 36.5 Å². The van der Waals surface area contributed by atoms with Crippen molar-refractivity contribution in [2.45, 2.75) is 125 Å². The fourth-order valence-electron chi connectivity index (χ4n) is 3.42. The molecule has 206 valence electrons. The zero-order chi connectivity index (χ0) is 26.9. The minimum atomic E-state index is -1.55. The third-order valence-corrected chi connectivity index (χ3v) is 5.95. The van der Waals surface area contributed by atoms with Crippen molar-refractivity contribution in [3.8, 4) is 0 Å². The van der Waals surface area contributed by atoms with E-state index in [2.05, 4.69) is 34.6 Å². The Morgan fingerprint density at radius 3 is 1.49 bits per heavy atom. The van der Waals surface area contributed by atoms with Gasteiger partial charge in [-0.2, -0.15) is 9.78 Å². The van der Waals surface area contributed by atoms with Crippen molar-refractivity contribution in [2.24, 2.45) is 17.8 Å². The molecule has 4 unspecified atom stereocenters. The van der Waals surface area contributed by atoms with Gasteiger partial charge < -0.3 is 19.2 Å². The molecular formula is C28H52O7. The average molecular weight is 501 g/mol. The van der Waals surface area contributed by atoms with E-state index < -0.39 is 11.6 Å². The molecule has 0 aliphatic carbocycles. The fraction of sp³-hybridized carbons (Fsp3) is 0.821. The van der Waals surface area contributed by atoms with Crippen molar-refractivity contribution in [1.82, 2.24) is 0 Å². The molecule has 0 bridgehead atoms. The Bertz CT molecular complexity index is 568. The lowest BCUT2D eigenvalue weighted by Crippen LogP contribution is -2.42.